The number of benzene rings is 3. The van der Waals surface area contributed by atoms with Gasteiger partial charge in [0, 0.05) is 17.6 Å². The third-order valence-corrected chi connectivity index (χ3v) is 9.53. The van der Waals surface area contributed by atoms with Crippen molar-refractivity contribution in [3.8, 4) is 0 Å². The van der Waals surface area contributed by atoms with E-state index in [1.807, 2.05) is 31.2 Å². The second-order valence-electron chi connectivity index (χ2n) is 10.4. The van der Waals surface area contributed by atoms with E-state index in [2.05, 4.69) is 5.32 Å². The molecule has 1 aliphatic rings. The van der Waals surface area contributed by atoms with E-state index in [-0.39, 0.29) is 23.4 Å². The van der Waals surface area contributed by atoms with Crippen molar-refractivity contribution in [3.63, 3.8) is 0 Å². The van der Waals surface area contributed by atoms with Crippen molar-refractivity contribution in [2.75, 3.05) is 10.8 Å². The van der Waals surface area contributed by atoms with Gasteiger partial charge in [-0.1, -0.05) is 73.0 Å². The number of carbonyl (C=O) groups excluding carboxylic acids is 2. The first-order valence-electron chi connectivity index (χ1n) is 13.6. The maximum Gasteiger partial charge on any atom is 0.264 e. The zero-order chi connectivity index (χ0) is 28.9. The normalized spacial score (nSPS) is 14.5. The third-order valence-electron chi connectivity index (χ3n) is 7.52. The highest BCUT2D eigenvalue weighted by Gasteiger charge is 2.34. The minimum absolute atomic E-state index is 0.0552. The molecule has 0 spiro atoms. The minimum Gasteiger partial charge on any atom is -0.352 e. The Morgan fingerprint density at radius 3 is 2.27 bits per heavy atom. The Hall–Kier alpha value is -3.36. The second-order valence-corrected chi connectivity index (χ2v) is 12.7. The molecule has 1 unspecified atom stereocenters. The number of hydrogen-bond acceptors (Lipinski definition) is 4. The van der Waals surface area contributed by atoms with Crippen LogP contribution in [0.1, 0.15) is 49.3 Å². The minimum atomic E-state index is -4.14. The van der Waals surface area contributed by atoms with Gasteiger partial charge in [-0.05, 0) is 74.6 Å². The van der Waals surface area contributed by atoms with Gasteiger partial charge in [0.05, 0.1) is 10.6 Å². The Balaban J connectivity index is 1.72. The fourth-order valence-electron chi connectivity index (χ4n) is 5.03. The monoisotopic (exact) mass is 581 g/mol. The van der Waals surface area contributed by atoms with Crippen LogP contribution in [-0.4, -0.2) is 43.8 Å². The molecule has 0 aromatic heterocycles. The molecule has 0 bridgehead atoms. The maximum absolute atomic E-state index is 14.1. The van der Waals surface area contributed by atoms with E-state index >= 15 is 0 Å². The van der Waals surface area contributed by atoms with Gasteiger partial charge in [-0.25, -0.2) is 8.42 Å². The van der Waals surface area contributed by atoms with Gasteiger partial charge in [0.15, 0.2) is 0 Å². The highest BCUT2D eigenvalue weighted by molar-refractivity contribution is 7.92. The summed E-state index contributed by atoms with van der Waals surface area (Å²) in [7, 11) is -4.14. The maximum atomic E-state index is 14.1. The van der Waals surface area contributed by atoms with Gasteiger partial charge in [0.1, 0.15) is 12.6 Å². The fraction of sp³-hybridized carbons (Fsp3) is 0.355. The number of halogens is 1. The molecule has 212 valence electrons. The van der Waals surface area contributed by atoms with Crippen molar-refractivity contribution in [3.05, 3.63) is 94.5 Å². The highest BCUT2D eigenvalue weighted by atomic mass is 35.5. The SMILES string of the molecule is Cc1ccccc1CN(C(=O)CN(c1cc(Cl)ccc1C)S(=O)(=O)c1ccccc1)C(C)C(=O)NC1CCCC1. The quantitative estimate of drug-likeness (QED) is 0.336. The molecule has 0 heterocycles. The molecular formula is C31H36ClN3O4S. The van der Waals surface area contributed by atoms with Crippen molar-refractivity contribution in [2.45, 2.75) is 70.0 Å². The second kappa shape index (κ2) is 12.9. The van der Waals surface area contributed by atoms with Crippen LogP contribution in [-0.2, 0) is 26.2 Å². The Kier molecular flexibility index (Phi) is 9.53. The van der Waals surface area contributed by atoms with Crippen LogP contribution in [0.5, 0.6) is 0 Å². The Labute approximate surface area is 242 Å². The third kappa shape index (κ3) is 6.85. The zero-order valence-corrected chi connectivity index (χ0v) is 24.7. The van der Waals surface area contributed by atoms with Crippen LogP contribution in [0.15, 0.2) is 77.7 Å². The average Bonchev–Trinajstić information content (AvgIpc) is 3.45. The smallest absolute Gasteiger partial charge is 0.264 e. The molecule has 3 aromatic rings. The summed E-state index contributed by atoms with van der Waals surface area (Å²) in [5.74, 6) is -0.735. The van der Waals surface area contributed by atoms with Crippen molar-refractivity contribution in [2.24, 2.45) is 0 Å². The van der Waals surface area contributed by atoms with E-state index in [0.717, 1.165) is 41.1 Å². The van der Waals surface area contributed by atoms with Crippen LogP contribution >= 0.6 is 11.6 Å². The molecule has 7 nitrogen and oxygen atoms in total. The molecule has 2 amide bonds. The van der Waals surface area contributed by atoms with Crippen molar-refractivity contribution < 1.29 is 18.0 Å². The van der Waals surface area contributed by atoms with Crippen LogP contribution < -0.4 is 9.62 Å². The molecule has 1 fully saturated rings. The predicted octanol–water partition coefficient (Wildman–Crippen LogP) is 5.63. The summed E-state index contributed by atoms with van der Waals surface area (Å²) in [6.07, 6.45) is 3.97. The number of carbonyl (C=O) groups is 2. The topological polar surface area (TPSA) is 86.8 Å². The van der Waals surface area contributed by atoms with Crippen molar-refractivity contribution in [1.82, 2.24) is 10.2 Å². The molecule has 1 saturated carbocycles. The first-order valence-corrected chi connectivity index (χ1v) is 15.4. The number of aryl methyl sites for hydroxylation is 2. The molecule has 1 aliphatic carbocycles. The van der Waals surface area contributed by atoms with Gasteiger partial charge in [0.25, 0.3) is 10.0 Å². The van der Waals surface area contributed by atoms with E-state index in [4.69, 9.17) is 11.6 Å². The average molecular weight is 582 g/mol. The summed E-state index contributed by atoms with van der Waals surface area (Å²) in [6, 6.07) is 19.9. The van der Waals surface area contributed by atoms with Gasteiger partial charge in [-0.3, -0.25) is 13.9 Å². The summed E-state index contributed by atoms with van der Waals surface area (Å²) >= 11 is 6.28. The lowest BCUT2D eigenvalue weighted by atomic mass is 10.1. The molecule has 1 N–H and O–H groups in total. The fourth-order valence-corrected chi connectivity index (χ4v) is 6.69. The first-order chi connectivity index (χ1) is 19.1. The van der Waals surface area contributed by atoms with E-state index < -0.39 is 28.5 Å². The number of nitrogens with zero attached hydrogens (tertiary/aromatic N) is 2. The molecule has 0 radical (unpaired) electrons. The zero-order valence-electron chi connectivity index (χ0n) is 23.1. The number of nitrogens with one attached hydrogen (secondary N) is 1. The Bertz CT molecular complexity index is 1460. The van der Waals surface area contributed by atoms with E-state index in [1.54, 1.807) is 50.2 Å². The van der Waals surface area contributed by atoms with Gasteiger partial charge in [-0.2, -0.15) is 0 Å². The summed E-state index contributed by atoms with van der Waals surface area (Å²) in [5, 5.41) is 3.44. The molecule has 1 atom stereocenters. The van der Waals surface area contributed by atoms with Crippen LogP contribution in [0.2, 0.25) is 5.02 Å². The molecule has 0 aliphatic heterocycles. The summed E-state index contributed by atoms with van der Waals surface area (Å²) in [4.78, 5) is 29.0. The van der Waals surface area contributed by atoms with Crippen molar-refractivity contribution >= 4 is 39.1 Å². The molecule has 4 rings (SSSR count). The predicted molar refractivity (Wildman–Crippen MR) is 159 cm³/mol. The summed E-state index contributed by atoms with van der Waals surface area (Å²) in [5.41, 5.74) is 2.81. The molecule has 0 saturated heterocycles. The Morgan fingerprint density at radius 2 is 1.60 bits per heavy atom. The van der Waals surface area contributed by atoms with Crippen LogP contribution in [0, 0.1) is 13.8 Å². The number of rotatable bonds is 10. The first kappa shape index (κ1) is 29.6. The number of amides is 2. The summed E-state index contributed by atoms with van der Waals surface area (Å²) < 4.78 is 29.0. The standard InChI is InChI=1S/C31H36ClN3O4S/c1-22-11-7-8-12-25(22)20-34(24(3)31(37)33-27-13-9-10-14-27)30(36)21-35(29-19-26(32)18-17-23(29)2)40(38,39)28-15-5-4-6-16-28/h4-8,11-12,15-19,24,27H,9-10,13-14,20-21H2,1-3H3,(H,33,37). The molecule has 3 aromatic carbocycles. The van der Waals surface area contributed by atoms with Gasteiger partial charge in [-0.15, -0.1) is 0 Å². The molecule has 9 heteroatoms. The lowest BCUT2D eigenvalue weighted by molar-refractivity contribution is -0.139. The van der Waals surface area contributed by atoms with Crippen LogP contribution in [0.25, 0.3) is 0 Å². The lowest BCUT2D eigenvalue weighted by Gasteiger charge is -2.33. The molecular weight excluding hydrogens is 546 g/mol. The summed E-state index contributed by atoms with van der Waals surface area (Å²) in [6.45, 7) is 5.08. The number of sulfonamides is 1. The largest absolute Gasteiger partial charge is 0.352 e. The van der Waals surface area contributed by atoms with Crippen LogP contribution in [0.4, 0.5) is 5.69 Å². The van der Waals surface area contributed by atoms with E-state index in [0.29, 0.717) is 16.3 Å². The molecule has 40 heavy (non-hydrogen) atoms. The van der Waals surface area contributed by atoms with Gasteiger partial charge in [0.2, 0.25) is 11.8 Å². The highest BCUT2D eigenvalue weighted by Crippen LogP contribution is 2.30. The Morgan fingerprint density at radius 1 is 0.950 bits per heavy atom. The van der Waals surface area contributed by atoms with Gasteiger partial charge < -0.3 is 10.2 Å². The van der Waals surface area contributed by atoms with E-state index in [9.17, 15) is 18.0 Å². The lowest BCUT2D eigenvalue weighted by Crippen LogP contribution is -2.52. The van der Waals surface area contributed by atoms with E-state index in [1.165, 1.54) is 17.0 Å². The van der Waals surface area contributed by atoms with Gasteiger partial charge >= 0.3 is 0 Å². The van der Waals surface area contributed by atoms with Crippen molar-refractivity contribution in [1.29, 1.82) is 0 Å². The number of hydrogen-bond donors (Lipinski definition) is 1. The van der Waals surface area contributed by atoms with Crippen LogP contribution in [0.3, 0.4) is 0 Å². The number of anilines is 1.